The van der Waals surface area contributed by atoms with Gasteiger partial charge in [-0.2, -0.15) is 16.9 Å². The summed E-state index contributed by atoms with van der Waals surface area (Å²) in [5, 5.41) is 11.3. The molecule has 1 saturated heterocycles. The van der Waals surface area contributed by atoms with Gasteiger partial charge in [-0.1, -0.05) is 6.92 Å². The molecule has 0 spiro atoms. The molecule has 2 heterocycles. The van der Waals surface area contributed by atoms with Crippen LogP contribution in [0.2, 0.25) is 0 Å². The lowest BCUT2D eigenvalue weighted by Gasteiger charge is -2.20. The molecule has 1 amide bonds. The first-order valence-electron chi connectivity index (χ1n) is 7.60. The zero-order chi connectivity index (χ0) is 16.3. The predicted molar refractivity (Wildman–Crippen MR) is 90.2 cm³/mol. The fourth-order valence-corrected chi connectivity index (χ4v) is 3.57. The number of aryl methyl sites for hydroxylation is 1. The Morgan fingerprint density at radius 3 is 2.86 bits per heavy atom. The predicted octanol–water partition coefficient (Wildman–Crippen LogP) is 2.75. The number of rotatable bonds is 4. The van der Waals surface area contributed by atoms with Gasteiger partial charge in [0, 0.05) is 36.2 Å². The van der Waals surface area contributed by atoms with Gasteiger partial charge in [-0.05, 0) is 27.2 Å². The average molecular weight is 326 g/mol. The highest BCUT2D eigenvalue weighted by Crippen LogP contribution is 2.26. The number of carbonyl (C=O) groups excluding carboxylic acids is 1. The quantitative estimate of drug-likeness (QED) is 0.890. The molecular weight excluding hydrogens is 300 g/mol. The van der Waals surface area contributed by atoms with Crippen molar-refractivity contribution < 1.29 is 9.53 Å². The summed E-state index contributed by atoms with van der Waals surface area (Å²) < 4.78 is 6.96. The van der Waals surface area contributed by atoms with E-state index in [4.69, 9.17) is 4.74 Å². The van der Waals surface area contributed by atoms with Crippen LogP contribution in [0.5, 0.6) is 0 Å². The minimum absolute atomic E-state index is 0.456. The van der Waals surface area contributed by atoms with Crippen LogP contribution in [0, 0.1) is 0 Å². The second-order valence-corrected chi connectivity index (χ2v) is 8.20. The zero-order valence-corrected chi connectivity index (χ0v) is 14.8. The van der Waals surface area contributed by atoms with Crippen LogP contribution in [0.15, 0.2) is 6.20 Å². The fraction of sp³-hybridized carbons (Fsp3) is 0.733. The molecule has 1 aromatic rings. The fourth-order valence-electron chi connectivity index (χ4n) is 2.39. The first-order chi connectivity index (χ1) is 10.2. The average Bonchev–Trinajstić information content (AvgIpc) is 2.93. The van der Waals surface area contributed by atoms with Crippen LogP contribution < -0.4 is 10.6 Å². The topological polar surface area (TPSA) is 68.2 Å². The summed E-state index contributed by atoms with van der Waals surface area (Å²) in [5.74, 6) is 1.82. The van der Waals surface area contributed by atoms with Crippen molar-refractivity contribution in [3.8, 4) is 0 Å². The van der Waals surface area contributed by atoms with Crippen molar-refractivity contribution in [2.24, 2.45) is 7.05 Å². The van der Waals surface area contributed by atoms with E-state index in [2.05, 4.69) is 22.7 Å². The molecule has 2 atom stereocenters. The number of hydrogen-bond acceptors (Lipinski definition) is 5. The van der Waals surface area contributed by atoms with E-state index in [0.29, 0.717) is 23.7 Å². The molecule has 7 heteroatoms. The molecule has 0 aromatic carbocycles. The van der Waals surface area contributed by atoms with Gasteiger partial charge in [0.15, 0.2) is 0 Å². The first-order valence-corrected chi connectivity index (χ1v) is 8.65. The zero-order valence-electron chi connectivity index (χ0n) is 14.0. The summed E-state index contributed by atoms with van der Waals surface area (Å²) in [5.41, 5.74) is 0.455. The molecule has 0 radical (unpaired) electrons. The Morgan fingerprint density at radius 1 is 1.55 bits per heavy atom. The lowest BCUT2D eigenvalue weighted by molar-refractivity contribution is 0.0634. The maximum absolute atomic E-state index is 11.9. The first kappa shape index (κ1) is 17.1. The van der Waals surface area contributed by atoms with Gasteiger partial charge < -0.3 is 10.1 Å². The molecule has 1 aliphatic heterocycles. The molecule has 1 aliphatic rings. The summed E-state index contributed by atoms with van der Waals surface area (Å²) in [6.45, 7) is 8.48. The third-order valence-corrected chi connectivity index (χ3v) is 4.77. The van der Waals surface area contributed by atoms with Crippen molar-refractivity contribution in [1.82, 2.24) is 15.1 Å². The van der Waals surface area contributed by atoms with Gasteiger partial charge in [0.05, 0.1) is 6.20 Å². The molecule has 2 rings (SSSR count). The van der Waals surface area contributed by atoms with Gasteiger partial charge >= 0.3 is 6.09 Å². The number of hydrogen-bond donors (Lipinski definition) is 2. The minimum Gasteiger partial charge on any atom is -0.444 e. The van der Waals surface area contributed by atoms with Crippen LogP contribution in [0.4, 0.5) is 10.6 Å². The lowest BCUT2D eigenvalue weighted by atomic mass is 10.2. The van der Waals surface area contributed by atoms with E-state index in [0.717, 1.165) is 11.3 Å². The van der Waals surface area contributed by atoms with Crippen LogP contribution in [0.3, 0.4) is 0 Å². The largest absolute Gasteiger partial charge is 0.444 e. The second-order valence-electron chi connectivity index (χ2n) is 6.73. The van der Waals surface area contributed by atoms with Gasteiger partial charge in [-0.15, -0.1) is 0 Å². The molecule has 2 unspecified atom stereocenters. The van der Waals surface area contributed by atoms with Gasteiger partial charge in [-0.25, -0.2) is 4.79 Å². The Bertz CT molecular complexity index is 524. The molecule has 0 saturated carbocycles. The van der Waals surface area contributed by atoms with E-state index in [1.165, 1.54) is 6.42 Å². The van der Waals surface area contributed by atoms with Crippen LogP contribution >= 0.6 is 11.8 Å². The number of nitrogens with zero attached hydrogens (tertiary/aromatic N) is 2. The van der Waals surface area contributed by atoms with Crippen LogP contribution in [-0.2, 0) is 18.3 Å². The van der Waals surface area contributed by atoms with Crippen LogP contribution in [0.25, 0.3) is 0 Å². The highest BCUT2D eigenvalue weighted by Gasteiger charge is 2.23. The van der Waals surface area contributed by atoms with E-state index in [1.807, 2.05) is 39.6 Å². The smallest absolute Gasteiger partial charge is 0.413 e. The molecule has 124 valence electrons. The standard InChI is InChI=1S/C15H26N4O2S/c1-10-6-12(9-22-10)16-7-11-8-17-19(5)13(11)18-14(20)21-15(2,3)4/h8,10,12,16H,6-7,9H2,1-5H3,(H,18,20). The van der Waals surface area contributed by atoms with Crippen molar-refractivity contribution in [1.29, 1.82) is 0 Å². The summed E-state index contributed by atoms with van der Waals surface area (Å²) in [6.07, 6.45) is 2.51. The van der Waals surface area contributed by atoms with E-state index >= 15 is 0 Å². The van der Waals surface area contributed by atoms with Crippen LogP contribution in [-0.4, -0.2) is 38.5 Å². The van der Waals surface area contributed by atoms with Gasteiger partial charge in [0.25, 0.3) is 0 Å². The third kappa shape index (κ3) is 4.91. The monoisotopic (exact) mass is 326 g/mol. The van der Waals surface area contributed by atoms with E-state index in [1.54, 1.807) is 10.9 Å². The van der Waals surface area contributed by atoms with Gasteiger partial charge in [0.1, 0.15) is 11.4 Å². The Kier molecular flexibility index (Phi) is 5.39. The number of thioether (sulfide) groups is 1. The van der Waals surface area contributed by atoms with Crippen molar-refractivity contribution in [3.05, 3.63) is 11.8 Å². The third-order valence-electron chi connectivity index (χ3n) is 3.41. The maximum Gasteiger partial charge on any atom is 0.413 e. The highest BCUT2D eigenvalue weighted by atomic mass is 32.2. The van der Waals surface area contributed by atoms with Crippen molar-refractivity contribution >= 4 is 23.7 Å². The Labute approximate surface area is 136 Å². The van der Waals surface area contributed by atoms with Gasteiger partial charge in [0.2, 0.25) is 0 Å². The number of amides is 1. The Morgan fingerprint density at radius 2 is 2.27 bits per heavy atom. The molecule has 2 N–H and O–H groups in total. The molecule has 22 heavy (non-hydrogen) atoms. The van der Waals surface area contributed by atoms with Crippen molar-refractivity contribution in [2.45, 2.75) is 57.6 Å². The number of ether oxygens (including phenoxy) is 1. The normalized spacial score (nSPS) is 21.9. The minimum atomic E-state index is -0.516. The second kappa shape index (κ2) is 6.91. The molecule has 1 aromatic heterocycles. The van der Waals surface area contributed by atoms with Crippen LogP contribution in [0.1, 0.15) is 39.7 Å². The molecular formula is C15H26N4O2S. The summed E-state index contributed by atoms with van der Waals surface area (Å²) >= 11 is 1.99. The summed E-state index contributed by atoms with van der Waals surface area (Å²) in [6, 6.07) is 0.523. The number of carbonyl (C=O) groups is 1. The summed E-state index contributed by atoms with van der Waals surface area (Å²) in [7, 11) is 1.81. The maximum atomic E-state index is 11.9. The highest BCUT2D eigenvalue weighted by molar-refractivity contribution is 8.00. The SMILES string of the molecule is CC1CC(NCc2cnn(C)c2NC(=O)OC(C)(C)C)CS1. The van der Waals surface area contributed by atoms with E-state index in [-0.39, 0.29) is 0 Å². The summed E-state index contributed by atoms with van der Waals surface area (Å²) in [4.78, 5) is 11.9. The van der Waals surface area contributed by atoms with Crippen molar-refractivity contribution in [3.63, 3.8) is 0 Å². The molecule has 0 bridgehead atoms. The Balaban J connectivity index is 1.94. The van der Waals surface area contributed by atoms with E-state index < -0.39 is 11.7 Å². The number of nitrogens with one attached hydrogen (secondary N) is 2. The molecule has 1 fully saturated rings. The Hall–Kier alpha value is -1.21. The lowest BCUT2D eigenvalue weighted by Crippen LogP contribution is -2.30. The molecule has 6 nitrogen and oxygen atoms in total. The molecule has 0 aliphatic carbocycles. The number of anilines is 1. The van der Waals surface area contributed by atoms with Gasteiger partial charge in [-0.3, -0.25) is 10.00 Å². The van der Waals surface area contributed by atoms with Crippen molar-refractivity contribution in [2.75, 3.05) is 11.1 Å². The number of aromatic nitrogens is 2. The van der Waals surface area contributed by atoms with E-state index in [9.17, 15) is 4.79 Å².